The first-order chi connectivity index (χ1) is 13.3. The van der Waals surface area contributed by atoms with E-state index in [1.165, 1.54) is 18.4 Å². The molecule has 3 heterocycles. The number of benzene rings is 1. The predicted octanol–water partition coefficient (Wildman–Crippen LogP) is 3.37. The number of rotatable bonds is 7. The molecule has 0 saturated carbocycles. The van der Waals surface area contributed by atoms with E-state index in [-0.39, 0.29) is 0 Å². The number of hydrogen-bond acceptors (Lipinski definition) is 5. The van der Waals surface area contributed by atoms with Gasteiger partial charge in [-0.25, -0.2) is 4.98 Å². The topological polar surface area (TPSA) is 66.1 Å². The Kier molecular flexibility index (Phi) is 5.34. The number of anilines is 1. The van der Waals surface area contributed by atoms with Crippen molar-refractivity contribution in [2.75, 3.05) is 25.1 Å². The molecule has 27 heavy (non-hydrogen) atoms. The Hall–Kier alpha value is -2.86. The third-order valence-electron chi connectivity index (χ3n) is 4.98. The summed E-state index contributed by atoms with van der Waals surface area (Å²) in [6, 6.07) is 12.3. The summed E-state index contributed by atoms with van der Waals surface area (Å²) in [4.78, 5) is 6.96. The van der Waals surface area contributed by atoms with Gasteiger partial charge in [-0.3, -0.25) is 5.10 Å². The molecule has 3 aromatic rings. The number of aromatic amines is 1. The molecule has 0 unspecified atom stereocenters. The fourth-order valence-corrected chi connectivity index (χ4v) is 3.45. The molecule has 1 fully saturated rings. The fourth-order valence-electron chi connectivity index (χ4n) is 3.45. The average molecular weight is 363 g/mol. The van der Waals surface area contributed by atoms with Crippen molar-refractivity contribution in [2.45, 2.75) is 25.9 Å². The molecule has 0 aliphatic carbocycles. The molecule has 4 rings (SSSR count). The van der Waals surface area contributed by atoms with Crippen LogP contribution in [0.1, 0.15) is 24.0 Å². The van der Waals surface area contributed by atoms with Gasteiger partial charge in [-0.1, -0.05) is 6.07 Å². The third-order valence-corrected chi connectivity index (χ3v) is 4.98. The van der Waals surface area contributed by atoms with Gasteiger partial charge in [0.1, 0.15) is 11.6 Å². The molecule has 1 saturated heterocycles. The van der Waals surface area contributed by atoms with Gasteiger partial charge in [0.2, 0.25) is 0 Å². The van der Waals surface area contributed by atoms with Crippen molar-refractivity contribution >= 4 is 5.82 Å². The van der Waals surface area contributed by atoms with Crippen LogP contribution in [-0.4, -0.2) is 35.4 Å². The number of aromatic nitrogens is 3. The Labute approximate surface area is 159 Å². The van der Waals surface area contributed by atoms with Crippen LogP contribution in [0.3, 0.4) is 0 Å². The lowest BCUT2D eigenvalue weighted by molar-refractivity contribution is 0.415. The number of pyridine rings is 1. The molecule has 1 aliphatic heterocycles. The largest absolute Gasteiger partial charge is 0.497 e. The normalized spacial score (nSPS) is 13.9. The molecule has 6 nitrogen and oxygen atoms in total. The molecule has 0 spiro atoms. The summed E-state index contributed by atoms with van der Waals surface area (Å²) in [6.07, 6.45) is 6.39. The monoisotopic (exact) mass is 363 g/mol. The van der Waals surface area contributed by atoms with Gasteiger partial charge >= 0.3 is 0 Å². The first-order valence-electron chi connectivity index (χ1n) is 9.41. The van der Waals surface area contributed by atoms with Crippen LogP contribution in [0, 0.1) is 0 Å². The number of H-pyrrole nitrogens is 1. The average Bonchev–Trinajstić information content (AvgIpc) is 3.41. The summed E-state index contributed by atoms with van der Waals surface area (Å²) < 4.78 is 5.22. The molecule has 2 N–H and O–H groups in total. The summed E-state index contributed by atoms with van der Waals surface area (Å²) >= 11 is 0. The van der Waals surface area contributed by atoms with E-state index in [0.29, 0.717) is 0 Å². The molecule has 140 valence electrons. The molecular formula is C21H25N5O. The minimum absolute atomic E-state index is 0.742. The van der Waals surface area contributed by atoms with Gasteiger partial charge in [-0.15, -0.1) is 0 Å². The number of methoxy groups -OCH3 is 1. The maximum absolute atomic E-state index is 5.22. The Bertz CT molecular complexity index is 851. The van der Waals surface area contributed by atoms with Gasteiger partial charge in [-0.05, 0) is 48.7 Å². The van der Waals surface area contributed by atoms with Gasteiger partial charge in [0.15, 0.2) is 0 Å². The zero-order valence-corrected chi connectivity index (χ0v) is 15.6. The van der Waals surface area contributed by atoms with Crippen LogP contribution in [0.15, 0.2) is 48.8 Å². The van der Waals surface area contributed by atoms with Crippen molar-refractivity contribution in [1.29, 1.82) is 0 Å². The summed E-state index contributed by atoms with van der Waals surface area (Å²) in [5.41, 5.74) is 4.46. The summed E-state index contributed by atoms with van der Waals surface area (Å²) in [5, 5.41) is 10.8. The van der Waals surface area contributed by atoms with E-state index in [9.17, 15) is 0 Å². The molecule has 0 bridgehead atoms. The highest BCUT2D eigenvalue weighted by Crippen LogP contribution is 2.23. The van der Waals surface area contributed by atoms with Gasteiger partial charge in [0, 0.05) is 43.5 Å². The van der Waals surface area contributed by atoms with E-state index < -0.39 is 0 Å². The smallest absolute Gasteiger partial charge is 0.128 e. The Morgan fingerprint density at radius 2 is 1.85 bits per heavy atom. The highest BCUT2D eigenvalue weighted by Gasteiger charge is 2.13. The molecule has 2 aromatic heterocycles. The highest BCUT2D eigenvalue weighted by molar-refractivity contribution is 5.63. The standard InChI is InChI=1S/C21H25N5O/c1-27-19-7-5-17(6-8-19)21-18(15-24-25-21)14-22-12-16-4-9-20(23-13-16)26-10-2-3-11-26/h4-9,13,15,22H,2-3,10-12,14H2,1H3,(H,24,25). The quantitative estimate of drug-likeness (QED) is 0.674. The molecular weight excluding hydrogens is 338 g/mol. The van der Waals surface area contributed by atoms with Gasteiger partial charge in [0.05, 0.1) is 19.0 Å². The minimum Gasteiger partial charge on any atom is -0.497 e. The number of ether oxygens (including phenoxy) is 1. The van der Waals surface area contributed by atoms with Gasteiger partial charge in [-0.2, -0.15) is 5.10 Å². The van der Waals surface area contributed by atoms with Crippen molar-refractivity contribution in [3.05, 3.63) is 59.9 Å². The Balaban J connectivity index is 1.35. The molecule has 1 aliphatic rings. The minimum atomic E-state index is 0.742. The van der Waals surface area contributed by atoms with Crippen molar-refractivity contribution in [2.24, 2.45) is 0 Å². The van der Waals surface area contributed by atoms with E-state index in [2.05, 4.69) is 37.5 Å². The lowest BCUT2D eigenvalue weighted by Crippen LogP contribution is -2.19. The first-order valence-corrected chi connectivity index (χ1v) is 9.41. The first kappa shape index (κ1) is 17.5. The predicted molar refractivity (Wildman–Crippen MR) is 107 cm³/mol. The van der Waals surface area contributed by atoms with Crippen molar-refractivity contribution in [3.63, 3.8) is 0 Å². The van der Waals surface area contributed by atoms with Crippen LogP contribution in [0.4, 0.5) is 5.82 Å². The lowest BCUT2D eigenvalue weighted by Gasteiger charge is -2.16. The van der Waals surface area contributed by atoms with Crippen LogP contribution in [-0.2, 0) is 13.1 Å². The second kappa shape index (κ2) is 8.22. The maximum atomic E-state index is 5.22. The van der Waals surface area contributed by atoms with Crippen LogP contribution >= 0.6 is 0 Å². The molecule has 6 heteroatoms. The maximum Gasteiger partial charge on any atom is 0.128 e. The number of nitrogens with one attached hydrogen (secondary N) is 2. The van der Waals surface area contributed by atoms with E-state index in [4.69, 9.17) is 4.74 Å². The van der Waals surface area contributed by atoms with E-state index in [1.807, 2.05) is 36.7 Å². The van der Waals surface area contributed by atoms with E-state index >= 15 is 0 Å². The zero-order valence-electron chi connectivity index (χ0n) is 15.6. The van der Waals surface area contributed by atoms with E-state index in [0.717, 1.165) is 54.6 Å². The van der Waals surface area contributed by atoms with Crippen LogP contribution in [0.2, 0.25) is 0 Å². The van der Waals surface area contributed by atoms with Crippen molar-refractivity contribution in [3.8, 4) is 17.0 Å². The Morgan fingerprint density at radius 1 is 1.04 bits per heavy atom. The highest BCUT2D eigenvalue weighted by atomic mass is 16.5. The Morgan fingerprint density at radius 3 is 2.56 bits per heavy atom. The van der Waals surface area contributed by atoms with Crippen LogP contribution < -0.4 is 15.0 Å². The number of nitrogens with zero attached hydrogens (tertiary/aromatic N) is 3. The fraction of sp³-hybridized carbons (Fsp3) is 0.333. The lowest BCUT2D eigenvalue weighted by atomic mass is 10.1. The SMILES string of the molecule is COc1ccc(-c2[nH]ncc2CNCc2ccc(N3CCCC3)nc2)cc1. The molecule has 0 radical (unpaired) electrons. The van der Waals surface area contributed by atoms with Gasteiger partial charge in [0.25, 0.3) is 0 Å². The van der Waals surface area contributed by atoms with E-state index in [1.54, 1.807) is 7.11 Å². The summed E-state index contributed by atoms with van der Waals surface area (Å²) in [7, 11) is 1.67. The summed E-state index contributed by atoms with van der Waals surface area (Å²) in [6.45, 7) is 3.77. The molecule has 0 amide bonds. The van der Waals surface area contributed by atoms with Crippen molar-refractivity contribution < 1.29 is 4.74 Å². The third kappa shape index (κ3) is 4.11. The summed E-state index contributed by atoms with van der Waals surface area (Å²) in [5.74, 6) is 1.94. The van der Waals surface area contributed by atoms with Crippen LogP contribution in [0.25, 0.3) is 11.3 Å². The number of hydrogen-bond donors (Lipinski definition) is 2. The van der Waals surface area contributed by atoms with Crippen molar-refractivity contribution in [1.82, 2.24) is 20.5 Å². The second-order valence-corrected chi connectivity index (χ2v) is 6.82. The molecule has 1 aromatic carbocycles. The van der Waals surface area contributed by atoms with Crippen LogP contribution in [0.5, 0.6) is 5.75 Å². The zero-order chi connectivity index (χ0) is 18.5. The second-order valence-electron chi connectivity index (χ2n) is 6.82. The van der Waals surface area contributed by atoms with Gasteiger partial charge < -0.3 is 15.0 Å². The molecule has 0 atom stereocenters.